The minimum absolute atomic E-state index is 0.220. The third kappa shape index (κ3) is 3.87. The van der Waals surface area contributed by atoms with Crippen molar-refractivity contribution in [2.45, 2.75) is 24.8 Å². The van der Waals surface area contributed by atoms with E-state index in [1.807, 2.05) is 13.1 Å². The van der Waals surface area contributed by atoms with Gasteiger partial charge in [-0.1, -0.05) is 17.3 Å². The van der Waals surface area contributed by atoms with E-state index in [0.29, 0.717) is 23.7 Å². The van der Waals surface area contributed by atoms with E-state index in [0.717, 1.165) is 11.1 Å². The van der Waals surface area contributed by atoms with E-state index >= 15 is 0 Å². The van der Waals surface area contributed by atoms with Crippen molar-refractivity contribution in [2.24, 2.45) is 0 Å². The largest absolute Gasteiger partial charge is 0.343 e. The molecule has 0 aliphatic carbocycles. The molecule has 1 heterocycles. The van der Waals surface area contributed by atoms with Crippen LogP contribution >= 0.6 is 0 Å². The lowest BCUT2D eigenvalue weighted by Crippen LogP contribution is -2.27. The Kier molecular flexibility index (Phi) is 5.05. The third-order valence-electron chi connectivity index (χ3n) is 3.10. The fraction of sp³-hybridized carbons (Fsp3) is 0.385. The molecule has 0 radical (unpaired) electrons. The van der Waals surface area contributed by atoms with Crippen molar-refractivity contribution < 1.29 is 12.9 Å². The molecule has 0 saturated heterocycles. The van der Waals surface area contributed by atoms with Crippen LogP contribution < -0.4 is 10.0 Å². The average Bonchev–Trinajstić information content (AvgIpc) is 2.94. The fourth-order valence-corrected chi connectivity index (χ4v) is 3.33. The number of nitrogens with one attached hydrogen (secondary N) is 2. The van der Waals surface area contributed by atoms with Crippen molar-refractivity contribution in [2.75, 3.05) is 13.6 Å². The van der Waals surface area contributed by atoms with Gasteiger partial charge in [-0.2, -0.15) is 4.98 Å². The highest BCUT2D eigenvalue weighted by atomic mass is 32.2. The Balaban J connectivity index is 2.10. The van der Waals surface area contributed by atoms with Crippen molar-refractivity contribution in [3.8, 4) is 0 Å². The molecule has 114 valence electrons. The monoisotopic (exact) mass is 310 g/mol. The van der Waals surface area contributed by atoms with Crippen LogP contribution in [0, 0.1) is 6.92 Å². The van der Waals surface area contributed by atoms with Gasteiger partial charge in [-0.25, -0.2) is 13.1 Å². The van der Waals surface area contributed by atoms with Gasteiger partial charge < -0.3 is 9.84 Å². The van der Waals surface area contributed by atoms with E-state index in [1.54, 1.807) is 19.1 Å². The molecule has 21 heavy (non-hydrogen) atoms. The van der Waals surface area contributed by atoms with E-state index in [9.17, 15) is 8.42 Å². The maximum Gasteiger partial charge on any atom is 0.240 e. The summed E-state index contributed by atoms with van der Waals surface area (Å²) in [6.07, 6.45) is 1.60. The van der Waals surface area contributed by atoms with Crippen molar-refractivity contribution >= 4 is 10.0 Å². The molecule has 2 rings (SSSR count). The Bertz CT molecular complexity index is 683. The molecular weight excluding hydrogens is 292 g/mol. The van der Waals surface area contributed by atoms with E-state index in [2.05, 4.69) is 24.7 Å². The van der Waals surface area contributed by atoms with Crippen LogP contribution in [0.25, 0.3) is 0 Å². The second-order valence-electron chi connectivity index (χ2n) is 4.57. The maximum absolute atomic E-state index is 12.3. The first-order valence-corrected chi connectivity index (χ1v) is 8.01. The molecule has 0 aliphatic rings. The van der Waals surface area contributed by atoms with Gasteiger partial charge in [0.1, 0.15) is 0 Å². The zero-order valence-corrected chi connectivity index (χ0v) is 12.8. The predicted octanol–water partition coefficient (Wildman–Crippen LogP) is 0.618. The summed E-state index contributed by atoms with van der Waals surface area (Å²) in [5.74, 6) is 0.471. The number of aromatic nitrogens is 2. The summed E-state index contributed by atoms with van der Waals surface area (Å²) >= 11 is 0. The standard InChI is InChI=1S/C13H18N4O3S/c1-10-11(8-14-2)4-3-5-12(10)21(18,19)16-7-6-13-15-9-20-17-13/h3-5,9,14,16H,6-8H2,1-2H3. The predicted molar refractivity (Wildman–Crippen MR) is 77.1 cm³/mol. The molecule has 0 atom stereocenters. The van der Waals surface area contributed by atoms with E-state index in [1.165, 1.54) is 6.39 Å². The van der Waals surface area contributed by atoms with Gasteiger partial charge in [-0.15, -0.1) is 0 Å². The molecule has 0 aliphatic heterocycles. The maximum atomic E-state index is 12.3. The van der Waals surface area contributed by atoms with Crippen molar-refractivity contribution in [3.05, 3.63) is 41.5 Å². The van der Waals surface area contributed by atoms with Crippen LogP contribution in [0.2, 0.25) is 0 Å². The number of benzene rings is 1. The van der Waals surface area contributed by atoms with Crippen LogP contribution in [0.3, 0.4) is 0 Å². The minimum atomic E-state index is -3.55. The number of hydrogen-bond donors (Lipinski definition) is 2. The summed E-state index contributed by atoms with van der Waals surface area (Å²) in [4.78, 5) is 4.14. The lowest BCUT2D eigenvalue weighted by atomic mass is 10.1. The zero-order chi connectivity index (χ0) is 15.3. The highest BCUT2D eigenvalue weighted by Crippen LogP contribution is 2.18. The summed E-state index contributed by atoms with van der Waals surface area (Å²) < 4.78 is 31.8. The quantitative estimate of drug-likeness (QED) is 0.778. The molecule has 1 aromatic carbocycles. The summed E-state index contributed by atoms with van der Waals surface area (Å²) in [5.41, 5.74) is 1.71. The molecule has 0 saturated carbocycles. The molecular formula is C13H18N4O3S. The number of hydrogen-bond acceptors (Lipinski definition) is 6. The second-order valence-corrected chi connectivity index (χ2v) is 6.30. The molecule has 0 amide bonds. The topological polar surface area (TPSA) is 97.1 Å². The van der Waals surface area contributed by atoms with E-state index in [-0.39, 0.29) is 6.54 Å². The normalized spacial score (nSPS) is 11.7. The summed E-state index contributed by atoms with van der Waals surface area (Å²) in [5, 5.41) is 6.66. The molecule has 1 aromatic heterocycles. The Labute approximate surface area is 123 Å². The van der Waals surface area contributed by atoms with Gasteiger partial charge in [0.25, 0.3) is 0 Å². The zero-order valence-electron chi connectivity index (χ0n) is 12.0. The fourth-order valence-electron chi connectivity index (χ4n) is 2.01. The lowest BCUT2D eigenvalue weighted by Gasteiger charge is -2.12. The Hall–Kier alpha value is -1.77. The van der Waals surface area contributed by atoms with Gasteiger partial charge in [0.15, 0.2) is 5.82 Å². The van der Waals surface area contributed by atoms with Gasteiger partial charge in [-0.05, 0) is 31.2 Å². The van der Waals surface area contributed by atoms with Crippen molar-refractivity contribution in [3.63, 3.8) is 0 Å². The molecule has 0 unspecified atom stereocenters. The van der Waals surface area contributed by atoms with Gasteiger partial charge in [-0.3, -0.25) is 0 Å². The molecule has 2 aromatic rings. The SMILES string of the molecule is CNCc1cccc(S(=O)(=O)NCCc2ncon2)c1C. The van der Waals surface area contributed by atoms with Gasteiger partial charge >= 0.3 is 0 Å². The minimum Gasteiger partial charge on any atom is -0.343 e. The third-order valence-corrected chi connectivity index (χ3v) is 4.71. The van der Waals surface area contributed by atoms with Crippen LogP contribution in [0.15, 0.2) is 34.0 Å². The van der Waals surface area contributed by atoms with Crippen molar-refractivity contribution in [1.29, 1.82) is 0 Å². The number of rotatable bonds is 7. The number of sulfonamides is 1. The average molecular weight is 310 g/mol. The molecule has 2 N–H and O–H groups in total. The smallest absolute Gasteiger partial charge is 0.240 e. The first-order valence-electron chi connectivity index (χ1n) is 6.52. The first kappa shape index (κ1) is 15.6. The molecule has 8 heteroatoms. The van der Waals surface area contributed by atoms with E-state index < -0.39 is 10.0 Å². The van der Waals surface area contributed by atoms with Crippen molar-refractivity contribution in [1.82, 2.24) is 20.2 Å². The Morgan fingerprint density at radius 1 is 1.33 bits per heavy atom. The second kappa shape index (κ2) is 6.79. The lowest BCUT2D eigenvalue weighted by molar-refractivity contribution is 0.410. The van der Waals surface area contributed by atoms with Gasteiger partial charge in [0, 0.05) is 19.5 Å². The van der Waals surface area contributed by atoms with Crippen LogP contribution in [0.5, 0.6) is 0 Å². The summed E-state index contributed by atoms with van der Waals surface area (Å²) in [6, 6.07) is 5.25. The highest BCUT2D eigenvalue weighted by molar-refractivity contribution is 7.89. The summed E-state index contributed by atoms with van der Waals surface area (Å²) in [7, 11) is -1.73. The Morgan fingerprint density at radius 2 is 2.14 bits per heavy atom. The molecule has 7 nitrogen and oxygen atoms in total. The molecule has 0 spiro atoms. The first-order chi connectivity index (χ1) is 10.0. The Morgan fingerprint density at radius 3 is 2.81 bits per heavy atom. The van der Waals surface area contributed by atoms with Gasteiger partial charge in [0.2, 0.25) is 16.4 Å². The van der Waals surface area contributed by atoms with Crippen LogP contribution in [-0.2, 0) is 23.0 Å². The van der Waals surface area contributed by atoms with Gasteiger partial charge in [0.05, 0.1) is 4.90 Å². The van der Waals surface area contributed by atoms with Crippen LogP contribution in [-0.4, -0.2) is 32.2 Å². The van der Waals surface area contributed by atoms with Crippen LogP contribution in [0.1, 0.15) is 17.0 Å². The number of nitrogens with zero attached hydrogens (tertiary/aromatic N) is 2. The summed E-state index contributed by atoms with van der Waals surface area (Å²) in [6.45, 7) is 2.65. The molecule has 0 fully saturated rings. The van der Waals surface area contributed by atoms with Crippen LogP contribution in [0.4, 0.5) is 0 Å². The van der Waals surface area contributed by atoms with E-state index in [4.69, 9.17) is 0 Å². The highest BCUT2D eigenvalue weighted by Gasteiger charge is 2.18. The molecule has 0 bridgehead atoms.